The summed E-state index contributed by atoms with van der Waals surface area (Å²) >= 11 is 0. The Morgan fingerprint density at radius 1 is 0.917 bits per heavy atom. The fraction of sp³-hybridized carbons (Fsp3) is 0.912. The Bertz CT molecular complexity index is 771. The average molecular weight is 498 g/mol. The van der Waals surface area contributed by atoms with Gasteiger partial charge in [0.25, 0.3) is 0 Å². The van der Waals surface area contributed by atoms with E-state index < -0.39 is 0 Å². The Labute approximate surface area is 224 Å². The monoisotopic (exact) mass is 497 g/mol. The lowest BCUT2D eigenvalue weighted by Crippen LogP contribution is -2.53. The Balaban J connectivity index is 1.32. The zero-order valence-electron chi connectivity index (χ0n) is 24.8. The highest BCUT2D eigenvalue weighted by Crippen LogP contribution is 2.68. The van der Waals surface area contributed by atoms with E-state index in [-0.39, 0.29) is 5.91 Å². The van der Waals surface area contributed by atoms with Gasteiger partial charge in [-0.1, -0.05) is 60.5 Å². The number of amides is 1. The average Bonchev–Trinajstić information content (AvgIpc) is 3.18. The van der Waals surface area contributed by atoms with Gasteiger partial charge in [0, 0.05) is 12.1 Å². The highest BCUT2D eigenvalue weighted by molar-refractivity contribution is 5.91. The van der Waals surface area contributed by atoms with Gasteiger partial charge in [-0.2, -0.15) is 0 Å². The van der Waals surface area contributed by atoms with E-state index in [1.165, 1.54) is 83.5 Å². The van der Waals surface area contributed by atoms with E-state index >= 15 is 0 Å². The van der Waals surface area contributed by atoms with Gasteiger partial charge in [0.2, 0.25) is 5.91 Å². The Morgan fingerprint density at radius 3 is 2.36 bits per heavy atom. The Morgan fingerprint density at radius 2 is 1.64 bits per heavy atom. The molecule has 0 heterocycles. The van der Waals surface area contributed by atoms with Crippen LogP contribution in [0.3, 0.4) is 0 Å². The van der Waals surface area contributed by atoms with Gasteiger partial charge in [0.1, 0.15) is 0 Å². The number of carbonyl (C=O) groups excluding carboxylic acids is 1. The molecule has 9 atom stereocenters. The van der Waals surface area contributed by atoms with Crippen LogP contribution in [-0.4, -0.2) is 12.5 Å². The summed E-state index contributed by atoms with van der Waals surface area (Å²) in [5.74, 6) is 7.57. The molecule has 4 rings (SSSR count). The van der Waals surface area contributed by atoms with Crippen LogP contribution in [0.1, 0.15) is 131 Å². The maximum atomic E-state index is 11.8. The highest BCUT2D eigenvalue weighted by atomic mass is 16.1. The van der Waals surface area contributed by atoms with Gasteiger partial charge in [-0.3, -0.25) is 4.79 Å². The largest absolute Gasteiger partial charge is 0.352 e. The van der Waals surface area contributed by atoms with Crippen molar-refractivity contribution < 1.29 is 4.79 Å². The first-order chi connectivity index (χ1) is 17.1. The second kappa shape index (κ2) is 11.5. The van der Waals surface area contributed by atoms with Gasteiger partial charge in [0.15, 0.2) is 0 Å². The van der Waals surface area contributed by atoms with Gasteiger partial charge in [-0.05, 0) is 136 Å². The van der Waals surface area contributed by atoms with Crippen molar-refractivity contribution >= 4 is 5.91 Å². The first kappa shape index (κ1) is 28.2. The van der Waals surface area contributed by atoms with Crippen molar-refractivity contribution in [3.63, 3.8) is 0 Å². The molecule has 0 radical (unpaired) electrons. The van der Waals surface area contributed by atoms with Crippen LogP contribution in [0, 0.1) is 58.2 Å². The number of fused-ring (bicyclic) bond motifs is 5. The quantitative estimate of drug-likeness (QED) is 0.236. The minimum Gasteiger partial charge on any atom is -0.352 e. The number of rotatable bonds is 10. The third kappa shape index (κ3) is 5.63. The lowest BCUT2D eigenvalue weighted by Gasteiger charge is -2.61. The lowest BCUT2D eigenvalue weighted by molar-refractivity contribution is -0.121. The molecule has 4 aliphatic rings. The van der Waals surface area contributed by atoms with Crippen molar-refractivity contribution in [3.05, 3.63) is 12.2 Å². The summed E-state index contributed by atoms with van der Waals surface area (Å²) in [6.45, 7) is 19.2. The molecule has 0 aromatic carbocycles. The number of hydrogen-bond donors (Lipinski definition) is 1. The molecule has 206 valence electrons. The first-order valence-electron chi connectivity index (χ1n) is 16.0. The fourth-order valence-corrected chi connectivity index (χ4v) is 10.4. The molecule has 0 spiro atoms. The zero-order valence-corrected chi connectivity index (χ0v) is 24.8. The summed E-state index contributed by atoms with van der Waals surface area (Å²) in [4.78, 5) is 11.8. The van der Waals surface area contributed by atoms with Crippen LogP contribution in [-0.2, 0) is 4.79 Å². The summed E-state index contributed by atoms with van der Waals surface area (Å²) in [5.41, 5.74) is 1.83. The second-order valence-corrected chi connectivity index (χ2v) is 15.0. The fourth-order valence-electron chi connectivity index (χ4n) is 10.4. The van der Waals surface area contributed by atoms with Crippen molar-refractivity contribution in [1.29, 1.82) is 0 Å². The first-order valence-corrected chi connectivity index (χ1v) is 16.0. The number of nitrogens with one attached hydrogen (secondary N) is 1. The molecule has 1 unspecified atom stereocenters. The topological polar surface area (TPSA) is 29.1 Å². The zero-order chi connectivity index (χ0) is 26.1. The molecule has 4 fully saturated rings. The van der Waals surface area contributed by atoms with E-state index in [4.69, 9.17) is 0 Å². The molecule has 4 saturated carbocycles. The van der Waals surface area contributed by atoms with Crippen molar-refractivity contribution in [3.8, 4) is 0 Å². The van der Waals surface area contributed by atoms with E-state index in [1.807, 2.05) is 0 Å². The third-order valence-electron chi connectivity index (χ3n) is 12.4. The van der Waals surface area contributed by atoms with Crippen molar-refractivity contribution in [2.45, 2.75) is 131 Å². The minimum atomic E-state index is 0.0212. The number of carbonyl (C=O) groups is 1. The van der Waals surface area contributed by atoms with E-state index in [9.17, 15) is 4.79 Å². The standard InChI is InChI=1S/C34H59NO/c1-23(2)10-8-11-25(5)29-15-16-30-28-14-13-27-22-26(12-9-21-35-32(36)24(3)4)17-19-33(27,6)31(28)18-20-34(29,30)7/h23,25-31H,3,8-22H2,1-2,4-7H3,(H,35,36)/t25-,26+,27+,28+,29?,30+,31+,33+,34-/m1/s1. The second-order valence-electron chi connectivity index (χ2n) is 15.0. The summed E-state index contributed by atoms with van der Waals surface area (Å²) in [6, 6.07) is 0. The summed E-state index contributed by atoms with van der Waals surface area (Å²) in [6.07, 6.45) is 20.1. The molecule has 0 saturated heterocycles. The van der Waals surface area contributed by atoms with Crippen molar-refractivity contribution in [2.75, 3.05) is 6.54 Å². The minimum absolute atomic E-state index is 0.0212. The molecule has 0 aromatic heterocycles. The van der Waals surface area contributed by atoms with Crippen LogP contribution in [0.15, 0.2) is 12.2 Å². The van der Waals surface area contributed by atoms with Crippen molar-refractivity contribution in [1.82, 2.24) is 5.32 Å². The van der Waals surface area contributed by atoms with Crippen LogP contribution < -0.4 is 5.32 Å². The normalized spacial score (nSPS) is 40.8. The Kier molecular flexibility index (Phi) is 9.04. The maximum absolute atomic E-state index is 11.8. The Hall–Kier alpha value is -0.790. The summed E-state index contributed by atoms with van der Waals surface area (Å²) < 4.78 is 0. The van der Waals surface area contributed by atoms with Gasteiger partial charge in [-0.15, -0.1) is 0 Å². The number of hydrogen-bond acceptors (Lipinski definition) is 1. The predicted octanol–water partition coefficient (Wildman–Crippen LogP) is 9.20. The highest BCUT2D eigenvalue weighted by Gasteiger charge is 2.60. The van der Waals surface area contributed by atoms with E-state index in [2.05, 4.69) is 46.5 Å². The molecule has 1 amide bonds. The molecule has 2 nitrogen and oxygen atoms in total. The van der Waals surface area contributed by atoms with Gasteiger partial charge < -0.3 is 5.32 Å². The molecular formula is C34H59NO. The van der Waals surface area contributed by atoms with Gasteiger partial charge in [-0.25, -0.2) is 0 Å². The molecule has 4 aliphatic carbocycles. The van der Waals surface area contributed by atoms with Crippen molar-refractivity contribution in [2.24, 2.45) is 58.2 Å². The van der Waals surface area contributed by atoms with Gasteiger partial charge in [0.05, 0.1) is 0 Å². The van der Waals surface area contributed by atoms with Crippen LogP contribution in [0.2, 0.25) is 0 Å². The molecule has 0 bridgehead atoms. The van der Waals surface area contributed by atoms with E-state index in [0.717, 1.165) is 60.3 Å². The van der Waals surface area contributed by atoms with E-state index in [0.29, 0.717) is 16.4 Å². The molecule has 0 aromatic rings. The smallest absolute Gasteiger partial charge is 0.246 e. The molecular weight excluding hydrogens is 438 g/mol. The lowest BCUT2D eigenvalue weighted by atomic mass is 9.44. The molecule has 1 N–H and O–H groups in total. The molecule has 0 aliphatic heterocycles. The van der Waals surface area contributed by atoms with Crippen LogP contribution >= 0.6 is 0 Å². The van der Waals surface area contributed by atoms with E-state index in [1.54, 1.807) is 6.92 Å². The molecule has 2 heteroatoms. The molecule has 36 heavy (non-hydrogen) atoms. The third-order valence-corrected chi connectivity index (χ3v) is 12.4. The van der Waals surface area contributed by atoms with Crippen LogP contribution in [0.25, 0.3) is 0 Å². The predicted molar refractivity (Wildman–Crippen MR) is 154 cm³/mol. The SMILES string of the molecule is C=C(C)C(=O)NCCC[C@H]1CC[C@@]2(C)[C@@H](CC[C@@H]3[C@@H]2CC[C@]2(C)C([C@H](C)CCCC(C)C)CC[C@@H]32)C1. The van der Waals surface area contributed by atoms with Gasteiger partial charge >= 0.3 is 0 Å². The summed E-state index contributed by atoms with van der Waals surface area (Å²) in [7, 11) is 0. The van der Waals surface area contributed by atoms with Crippen LogP contribution in [0.4, 0.5) is 0 Å². The summed E-state index contributed by atoms with van der Waals surface area (Å²) in [5, 5.41) is 3.04. The van der Waals surface area contributed by atoms with Crippen LogP contribution in [0.5, 0.6) is 0 Å². The maximum Gasteiger partial charge on any atom is 0.246 e.